The topological polar surface area (TPSA) is 94.2 Å². The Balaban J connectivity index is 2.46. The minimum absolute atomic E-state index is 0.335. The Morgan fingerprint density at radius 2 is 1.69 bits per heavy atom. The molecule has 3 aromatic rings. The second-order valence-corrected chi connectivity index (χ2v) is 5.70. The number of hydrogen-bond acceptors (Lipinski definition) is 6. The molecule has 0 amide bonds. The van der Waals surface area contributed by atoms with Gasteiger partial charge in [-0.25, -0.2) is 23.1 Å². The molecule has 0 fully saturated rings. The number of carbonyl (C=O) groups is 2. The molecule has 7 nitrogen and oxygen atoms in total. The molecule has 0 aliphatic carbocycles. The van der Waals surface area contributed by atoms with Crippen LogP contribution in [0.5, 0.6) is 0 Å². The van der Waals surface area contributed by atoms with Crippen molar-refractivity contribution in [3.05, 3.63) is 70.9 Å². The number of nitriles is 1. The van der Waals surface area contributed by atoms with Crippen molar-refractivity contribution < 1.29 is 27.8 Å². The van der Waals surface area contributed by atoms with Gasteiger partial charge >= 0.3 is 11.9 Å². The highest BCUT2D eigenvalue weighted by atomic mass is 19.1. The number of carbonyl (C=O) groups excluding carboxylic acids is 2. The number of methoxy groups -OCH3 is 2. The predicted molar refractivity (Wildman–Crippen MR) is 96.3 cm³/mol. The molecule has 0 spiro atoms. The molecule has 1 heterocycles. The van der Waals surface area contributed by atoms with E-state index in [1.807, 2.05) is 0 Å². The summed E-state index contributed by atoms with van der Waals surface area (Å²) in [6, 6.07) is 11.6. The lowest BCUT2D eigenvalue weighted by molar-refractivity contribution is 0.0549. The molecule has 29 heavy (non-hydrogen) atoms. The molecular formula is C20H13F2N3O4. The first-order chi connectivity index (χ1) is 13.9. The molecule has 9 heteroatoms. The van der Waals surface area contributed by atoms with Crippen LogP contribution in [0.2, 0.25) is 0 Å². The molecule has 0 bridgehead atoms. The maximum atomic E-state index is 14.8. The summed E-state index contributed by atoms with van der Waals surface area (Å²) in [6.07, 6.45) is 0. The maximum Gasteiger partial charge on any atom is 0.357 e. The zero-order valence-electron chi connectivity index (χ0n) is 15.3. The normalized spacial score (nSPS) is 10.3. The van der Waals surface area contributed by atoms with Crippen molar-refractivity contribution in [3.8, 4) is 23.0 Å². The third kappa shape index (κ3) is 3.32. The van der Waals surface area contributed by atoms with E-state index in [4.69, 9.17) is 14.7 Å². The van der Waals surface area contributed by atoms with Crippen LogP contribution in [0.3, 0.4) is 0 Å². The second kappa shape index (κ2) is 7.90. The molecule has 0 atom stereocenters. The fraction of sp³-hybridized carbons (Fsp3) is 0.100. The number of hydrogen-bond donors (Lipinski definition) is 0. The quantitative estimate of drug-likeness (QED) is 0.627. The lowest BCUT2D eigenvalue weighted by Crippen LogP contribution is -2.15. The minimum atomic E-state index is -1.22. The number of nitrogens with zero attached hydrogens (tertiary/aromatic N) is 3. The molecule has 2 aromatic carbocycles. The monoisotopic (exact) mass is 397 g/mol. The van der Waals surface area contributed by atoms with Crippen LogP contribution < -0.4 is 0 Å². The average Bonchev–Trinajstić information content (AvgIpc) is 3.13. The van der Waals surface area contributed by atoms with Gasteiger partial charge in [0.2, 0.25) is 0 Å². The summed E-state index contributed by atoms with van der Waals surface area (Å²) in [4.78, 5) is 24.9. The number of para-hydroxylation sites is 1. The zero-order chi connectivity index (χ0) is 21.1. The maximum absolute atomic E-state index is 14.8. The molecule has 0 N–H and O–H groups in total. The van der Waals surface area contributed by atoms with Crippen molar-refractivity contribution in [2.24, 2.45) is 0 Å². The summed E-state index contributed by atoms with van der Waals surface area (Å²) in [5.74, 6) is -4.30. The van der Waals surface area contributed by atoms with Crippen molar-refractivity contribution in [2.75, 3.05) is 14.2 Å². The van der Waals surface area contributed by atoms with E-state index >= 15 is 0 Å². The van der Waals surface area contributed by atoms with E-state index in [1.54, 1.807) is 36.4 Å². The highest BCUT2D eigenvalue weighted by molar-refractivity contribution is 6.07. The Bertz CT molecular complexity index is 1150. The van der Waals surface area contributed by atoms with E-state index in [2.05, 4.69) is 5.10 Å². The average molecular weight is 397 g/mol. The third-order valence-electron chi connectivity index (χ3n) is 4.10. The predicted octanol–water partition coefficient (Wildman–Crippen LogP) is 3.26. The second-order valence-electron chi connectivity index (χ2n) is 5.70. The number of ether oxygens (including phenoxy) is 2. The highest BCUT2D eigenvalue weighted by Crippen LogP contribution is 2.33. The zero-order valence-corrected chi connectivity index (χ0v) is 15.3. The Labute approximate surface area is 163 Å². The van der Waals surface area contributed by atoms with E-state index in [0.29, 0.717) is 5.69 Å². The van der Waals surface area contributed by atoms with Crippen LogP contribution in [0.15, 0.2) is 42.5 Å². The molecule has 146 valence electrons. The van der Waals surface area contributed by atoms with Gasteiger partial charge < -0.3 is 9.47 Å². The first-order valence-corrected chi connectivity index (χ1v) is 8.18. The van der Waals surface area contributed by atoms with Crippen LogP contribution in [-0.4, -0.2) is 35.9 Å². The third-order valence-corrected chi connectivity index (χ3v) is 4.10. The van der Waals surface area contributed by atoms with E-state index in [9.17, 15) is 18.4 Å². The van der Waals surface area contributed by atoms with E-state index in [-0.39, 0.29) is 5.69 Å². The van der Waals surface area contributed by atoms with Gasteiger partial charge in [0.25, 0.3) is 0 Å². The van der Waals surface area contributed by atoms with Crippen LogP contribution >= 0.6 is 0 Å². The fourth-order valence-corrected chi connectivity index (χ4v) is 2.79. The van der Waals surface area contributed by atoms with Crippen molar-refractivity contribution in [2.45, 2.75) is 0 Å². The van der Waals surface area contributed by atoms with Crippen LogP contribution in [0.25, 0.3) is 16.9 Å². The summed E-state index contributed by atoms with van der Waals surface area (Å²) < 4.78 is 39.9. The lowest BCUT2D eigenvalue weighted by Gasteiger charge is -2.07. The SMILES string of the molecule is COC(=O)c1c(-c2c(F)ccc(C#N)c2F)nn(-c2ccccc2)c1C(=O)OC. The highest BCUT2D eigenvalue weighted by Gasteiger charge is 2.34. The number of esters is 2. The molecule has 0 unspecified atom stereocenters. The number of benzene rings is 2. The minimum Gasteiger partial charge on any atom is -0.465 e. The number of rotatable bonds is 4. The Hall–Kier alpha value is -4.06. The fourth-order valence-electron chi connectivity index (χ4n) is 2.79. The number of halogens is 2. The summed E-state index contributed by atoms with van der Waals surface area (Å²) in [7, 11) is 2.13. The smallest absolute Gasteiger partial charge is 0.357 e. The Morgan fingerprint density at radius 1 is 1.03 bits per heavy atom. The Morgan fingerprint density at radius 3 is 2.28 bits per heavy atom. The van der Waals surface area contributed by atoms with Crippen LogP contribution in [0.1, 0.15) is 26.4 Å². The van der Waals surface area contributed by atoms with Gasteiger partial charge in [-0.1, -0.05) is 18.2 Å². The molecule has 3 rings (SSSR count). The van der Waals surface area contributed by atoms with Gasteiger partial charge in [0.15, 0.2) is 11.5 Å². The van der Waals surface area contributed by atoms with Gasteiger partial charge in [0.05, 0.1) is 31.0 Å². The summed E-state index contributed by atoms with van der Waals surface area (Å²) in [6.45, 7) is 0. The van der Waals surface area contributed by atoms with Gasteiger partial charge in [0.1, 0.15) is 23.1 Å². The van der Waals surface area contributed by atoms with Crippen LogP contribution in [0, 0.1) is 23.0 Å². The molecule has 0 aliphatic rings. The van der Waals surface area contributed by atoms with Gasteiger partial charge in [-0.2, -0.15) is 10.4 Å². The lowest BCUT2D eigenvalue weighted by atomic mass is 10.0. The van der Waals surface area contributed by atoms with Gasteiger partial charge in [-0.15, -0.1) is 0 Å². The van der Waals surface area contributed by atoms with Gasteiger partial charge in [-0.05, 0) is 24.3 Å². The number of aromatic nitrogens is 2. The van der Waals surface area contributed by atoms with Crippen molar-refractivity contribution in [3.63, 3.8) is 0 Å². The first kappa shape index (κ1) is 19.7. The standard InChI is InChI=1S/C20H13F2N3O4/c1-28-19(26)15-17(14-13(21)9-8-11(10-23)16(14)22)24-25(18(15)20(27)29-2)12-6-4-3-5-7-12/h3-9H,1-2H3. The van der Waals surface area contributed by atoms with Gasteiger partial charge in [-0.3, -0.25) is 0 Å². The van der Waals surface area contributed by atoms with E-state index in [1.165, 1.54) is 0 Å². The summed E-state index contributed by atoms with van der Waals surface area (Å²) in [5, 5.41) is 13.2. The summed E-state index contributed by atoms with van der Waals surface area (Å²) >= 11 is 0. The molecule has 1 aromatic heterocycles. The van der Waals surface area contributed by atoms with Crippen LogP contribution in [-0.2, 0) is 9.47 Å². The van der Waals surface area contributed by atoms with Crippen molar-refractivity contribution in [1.29, 1.82) is 5.26 Å². The molecular weight excluding hydrogens is 384 g/mol. The largest absolute Gasteiger partial charge is 0.465 e. The van der Waals surface area contributed by atoms with Gasteiger partial charge in [0, 0.05) is 0 Å². The molecule has 0 saturated carbocycles. The first-order valence-electron chi connectivity index (χ1n) is 8.18. The Kier molecular flexibility index (Phi) is 5.36. The van der Waals surface area contributed by atoms with E-state index < -0.39 is 46.0 Å². The van der Waals surface area contributed by atoms with E-state index in [0.717, 1.165) is 31.0 Å². The van der Waals surface area contributed by atoms with Crippen LogP contribution in [0.4, 0.5) is 8.78 Å². The summed E-state index contributed by atoms with van der Waals surface area (Å²) in [5.41, 5.74) is -2.21. The molecule has 0 aliphatic heterocycles. The van der Waals surface area contributed by atoms with Crippen molar-refractivity contribution in [1.82, 2.24) is 9.78 Å². The van der Waals surface area contributed by atoms with Crippen molar-refractivity contribution >= 4 is 11.9 Å². The molecule has 0 radical (unpaired) electrons. The molecule has 0 saturated heterocycles.